The van der Waals surface area contributed by atoms with Crippen LogP contribution in [0, 0.1) is 0 Å². The van der Waals surface area contributed by atoms with Gasteiger partial charge in [-0.25, -0.2) is 0 Å². The third kappa shape index (κ3) is 7.72. The van der Waals surface area contributed by atoms with Crippen LogP contribution < -0.4 is 0 Å². The molecular weight excluding hydrogens is 260 g/mol. The van der Waals surface area contributed by atoms with Crippen LogP contribution in [0.5, 0.6) is 0 Å². The number of rotatable bonds is 11. The lowest BCUT2D eigenvalue weighted by molar-refractivity contribution is 0.0628. The third-order valence-electron chi connectivity index (χ3n) is 2.74. The Morgan fingerprint density at radius 1 is 1.05 bits per heavy atom. The van der Waals surface area contributed by atoms with Gasteiger partial charge in [-0.2, -0.15) is 0 Å². The van der Waals surface area contributed by atoms with E-state index in [1.165, 1.54) is 0 Å². The van der Waals surface area contributed by atoms with Gasteiger partial charge in [0, 0.05) is 25.9 Å². The summed E-state index contributed by atoms with van der Waals surface area (Å²) in [4.78, 5) is 0. The molecule has 0 aromatic carbocycles. The largest absolute Gasteiger partial charge is 0.501 e. The van der Waals surface area contributed by atoms with Crippen LogP contribution in [0.2, 0.25) is 6.04 Å². The molecule has 0 spiro atoms. The van der Waals surface area contributed by atoms with E-state index in [2.05, 4.69) is 6.92 Å². The zero-order valence-corrected chi connectivity index (χ0v) is 14.3. The SMILES string of the molecule is C/C=C(/C)OC(C)CC[Si](OCC)(OCC)OCC. The van der Waals surface area contributed by atoms with Gasteiger partial charge in [0.15, 0.2) is 0 Å². The molecule has 0 aliphatic carbocycles. The van der Waals surface area contributed by atoms with E-state index in [4.69, 9.17) is 18.0 Å². The van der Waals surface area contributed by atoms with Crippen LogP contribution in [0.25, 0.3) is 0 Å². The summed E-state index contributed by atoms with van der Waals surface area (Å²) in [5.74, 6) is 0.948. The van der Waals surface area contributed by atoms with Gasteiger partial charge in [0.1, 0.15) is 0 Å². The van der Waals surface area contributed by atoms with Gasteiger partial charge in [0.05, 0.1) is 11.9 Å². The Balaban J connectivity index is 4.45. The van der Waals surface area contributed by atoms with Crippen molar-refractivity contribution >= 4 is 8.80 Å². The van der Waals surface area contributed by atoms with Crippen molar-refractivity contribution < 1.29 is 18.0 Å². The molecule has 0 N–H and O–H groups in total. The molecule has 1 atom stereocenters. The molecule has 0 bridgehead atoms. The van der Waals surface area contributed by atoms with E-state index in [9.17, 15) is 0 Å². The number of ether oxygens (including phenoxy) is 1. The first-order valence-electron chi connectivity index (χ1n) is 7.24. The average molecular weight is 290 g/mol. The number of hydrogen-bond acceptors (Lipinski definition) is 4. The molecule has 1 unspecified atom stereocenters. The maximum absolute atomic E-state index is 5.82. The summed E-state index contributed by atoms with van der Waals surface area (Å²) in [7, 11) is -2.52. The number of allylic oxidation sites excluding steroid dienone is 2. The first-order valence-corrected chi connectivity index (χ1v) is 9.18. The van der Waals surface area contributed by atoms with Gasteiger partial charge in [-0.05, 0) is 54.0 Å². The highest BCUT2D eigenvalue weighted by atomic mass is 28.4. The van der Waals surface area contributed by atoms with E-state index in [1.807, 2.05) is 40.7 Å². The second-order valence-corrected chi connectivity index (χ2v) is 7.08. The van der Waals surface area contributed by atoms with E-state index < -0.39 is 8.80 Å². The molecule has 0 rings (SSSR count). The molecule has 0 fully saturated rings. The van der Waals surface area contributed by atoms with Gasteiger partial charge in [-0.3, -0.25) is 0 Å². The molecule has 0 aliphatic rings. The first-order chi connectivity index (χ1) is 9.03. The Morgan fingerprint density at radius 3 is 1.89 bits per heavy atom. The molecule has 0 radical (unpaired) electrons. The maximum Gasteiger partial charge on any atom is 0.501 e. The molecular formula is C14H30O4Si. The summed E-state index contributed by atoms with van der Waals surface area (Å²) in [5.41, 5.74) is 0. The van der Waals surface area contributed by atoms with E-state index in [-0.39, 0.29) is 6.10 Å². The van der Waals surface area contributed by atoms with Crippen LogP contribution in [0.1, 0.15) is 48.0 Å². The van der Waals surface area contributed by atoms with Crippen molar-refractivity contribution in [2.75, 3.05) is 19.8 Å². The second-order valence-electron chi connectivity index (χ2n) is 4.35. The third-order valence-corrected chi connectivity index (χ3v) is 5.83. The highest BCUT2D eigenvalue weighted by molar-refractivity contribution is 6.60. The molecule has 0 saturated heterocycles. The van der Waals surface area contributed by atoms with E-state index in [0.29, 0.717) is 19.8 Å². The topological polar surface area (TPSA) is 36.9 Å². The van der Waals surface area contributed by atoms with Gasteiger partial charge in [0.2, 0.25) is 0 Å². The van der Waals surface area contributed by atoms with Crippen molar-refractivity contribution in [2.24, 2.45) is 0 Å². The van der Waals surface area contributed by atoms with E-state index in [1.54, 1.807) is 0 Å². The average Bonchev–Trinajstić information content (AvgIpc) is 2.37. The van der Waals surface area contributed by atoms with Crippen LogP contribution in [-0.4, -0.2) is 34.7 Å². The van der Waals surface area contributed by atoms with Crippen LogP contribution >= 0.6 is 0 Å². The Bertz CT molecular complexity index is 239. The fraction of sp³-hybridized carbons (Fsp3) is 0.857. The van der Waals surface area contributed by atoms with Gasteiger partial charge >= 0.3 is 8.80 Å². The molecule has 0 saturated carbocycles. The Kier molecular flexibility index (Phi) is 10.2. The fourth-order valence-corrected chi connectivity index (χ4v) is 4.59. The normalized spacial score (nSPS) is 14.5. The zero-order chi connectivity index (χ0) is 14.7. The molecule has 0 amide bonds. The van der Waals surface area contributed by atoms with Crippen molar-refractivity contribution in [2.45, 2.75) is 60.1 Å². The van der Waals surface area contributed by atoms with Crippen molar-refractivity contribution in [1.82, 2.24) is 0 Å². The van der Waals surface area contributed by atoms with Crippen LogP contribution in [0.4, 0.5) is 0 Å². The molecule has 0 heterocycles. The summed E-state index contributed by atoms with van der Waals surface area (Å²) in [6.07, 6.45) is 2.98. The lowest BCUT2D eigenvalue weighted by Gasteiger charge is -2.29. The number of hydrogen-bond donors (Lipinski definition) is 0. The van der Waals surface area contributed by atoms with Crippen LogP contribution in [0.3, 0.4) is 0 Å². The molecule has 0 aromatic rings. The van der Waals surface area contributed by atoms with E-state index in [0.717, 1.165) is 18.2 Å². The van der Waals surface area contributed by atoms with Crippen molar-refractivity contribution in [3.8, 4) is 0 Å². The Hall–Kier alpha value is -0.363. The van der Waals surface area contributed by atoms with Gasteiger partial charge in [-0.1, -0.05) is 0 Å². The highest BCUT2D eigenvalue weighted by Gasteiger charge is 2.40. The second kappa shape index (κ2) is 10.4. The quantitative estimate of drug-likeness (QED) is 0.429. The van der Waals surface area contributed by atoms with Crippen molar-refractivity contribution in [3.63, 3.8) is 0 Å². The minimum absolute atomic E-state index is 0.143. The predicted octanol–water partition coefficient (Wildman–Crippen LogP) is 3.75. The minimum atomic E-state index is -2.52. The smallest absolute Gasteiger partial charge is 0.496 e. The summed E-state index contributed by atoms with van der Waals surface area (Å²) < 4.78 is 23.2. The maximum atomic E-state index is 5.82. The zero-order valence-electron chi connectivity index (χ0n) is 13.3. The summed E-state index contributed by atoms with van der Waals surface area (Å²) in [6.45, 7) is 13.8. The summed E-state index contributed by atoms with van der Waals surface area (Å²) >= 11 is 0. The minimum Gasteiger partial charge on any atom is -0.496 e. The molecule has 4 nitrogen and oxygen atoms in total. The monoisotopic (exact) mass is 290 g/mol. The van der Waals surface area contributed by atoms with Gasteiger partial charge < -0.3 is 18.0 Å². The fourth-order valence-electron chi connectivity index (χ4n) is 1.83. The van der Waals surface area contributed by atoms with Crippen LogP contribution in [-0.2, 0) is 18.0 Å². The van der Waals surface area contributed by atoms with E-state index >= 15 is 0 Å². The summed E-state index contributed by atoms with van der Waals surface area (Å²) in [5, 5.41) is 0. The highest BCUT2D eigenvalue weighted by Crippen LogP contribution is 2.21. The van der Waals surface area contributed by atoms with Gasteiger partial charge in [-0.15, -0.1) is 0 Å². The van der Waals surface area contributed by atoms with Crippen molar-refractivity contribution in [3.05, 3.63) is 11.8 Å². The van der Waals surface area contributed by atoms with Crippen molar-refractivity contribution in [1.29, 1.82) is 0 Å². The first kappa shape index (κ1) is 18.6. The summed E-state index contributed by atoms with van der Waals surface area (Å²) in [6, 6.07) is 0.792. The molecule has 114 valence electrons. The molecule has 0 aliphatic heterocycles. The Labute approximate surface area is 119 Å². The molecule has 19 heavy (non-hydrogen) atoms. The van der Waals surface area contributed by atoms with Crippen LogP contribution in [0.15, 0.2) is 11.8 Å². The lowest BCUT2D eigenvalue weighted by atomic mass is 10.3. The predicted molar refractivity (Wildman–Crippen MR) is 80.0 cm³/mol. The standard InChI is InChI=1S/C14H30O4Si/c1-7-13(5)18-14(6)11-12-19(15-8-2,16-9-3)17-10-4/h7,14H,8-12H2,1-6H3/b13-7-. The Morgan fingerprint density at radius 2 is 1.53 bits per heavy atom. The molecule has 5 heteroatoms. The lowest BCUT2D eigenvalue weighted by Crippen LogP contribution is -2.46. The van der Waals surface area contributed by atoms with Gasteiger partial charge in [0.25, 0.3) is 0 Å². The molecule has 0 aromatic heterocycles.